The van der Waals surface area contributed by atoms with E-state index in [9.17, 15) is 0 Å². The van der Waals surface area contributed by atoms with Gasteiger partial charge in [0, 0.05) is 45.3 Å². The third-order valence-electron chi connectivity index (χ3n) is 6.59. The summed E-state index contributed by atoms with van der Waals surface area (Å²) in [6.07, 6.45) is 9.16. The van der Waals surface area contributed by atoms with Crippen LogP contribution < -0.4 is 15.5 Å². The number of hydrogen-bond acceptors (Lipinski definition) is 10. The van der Waals surface area contributed by atoms with E-state index >= 15 is 0 Å². The zero-order valence-electron chi connectivity index (χ0n) is 23.9. The van der Waals surface area contributed by atoms with Gasteiger partial charge in [0.1, 0.15) is 12.6 Å². The molecule has 1 saturated carbocycles. The molecule has 5 rings (SSSR count). The molecule has 4 heterocycles. The van der Waals surface area contributed by atoms with E-state index in [0.717, 1.165) is 44.1 Å². The summed E-state index contributed by atoms with van der Waals surface area (Å²) in [6, 6.07) is 4.18. The van der Waals surface area contributed by atoms with E-state index in [4.69, 9.17) is 9.78 Å². The zero-order chi connectivity index (χ0) is 27.9. The summed E-state index contributed by atoms with van der Waals surface area (Å²) < 4.78 is 5.44. The molecule has 3 aromatic heterocycles. The fraction of sp³-hybridized carbons (Fsp3) is 0.571. The van der Waals surface area contributed by atoms with Gasteiger partial charge in [0.25, 0.3) is 0 Å². The molecular weight excluding hydrogens is 498 g/mol. The number of hydrogen-bond donors (Lipinski definition) is 2. The lowest BCUT2D eigenvalue weighted by molar-refractivity contribution is -0.0979. The van der Waals surface area contributed by atoms with Gasteiger partial charge in [0.05, 0.1) is 28.3 Å². The highest BCUT2D eigenvalue weighted by molar-refractivity contribution is 7.19. The Hall–Kier alpha value is -2.66. The first-order valence-corrected chi connectivity index (χ1v) is 14.1. The SMILES string of the molecule is C=O.CCN1CCN(c2ccc(Nc3ncc4sc(C)c(C5CCCC5)c4n3)nc2)CC1.CNC.COC. The minimum Gasteiger partial charge on any atom is -0.388 e. The fourth-order valence-corrected chi connectivity index (χ4v) is 5.93. The Morgan fingerprint density at radius 2 is 1.68 bits per heavy atom. The second-order valence-corrected chi connectivity index (χ2v) is 10.6. The lowest BCUT2D eigenvalue weighted by atomic mass is 9.97. The molecule has 2 aliphatic rings. The molecule has 2 fully saturated rings. The summed E-state index contributed by atoms with van der Waals surface area (Å²) in [5.41, 5.74) is 3.77. The molecule has 1 saturated heterocycles. The number of ether oxygens (including phenoxy) is 1. The van der Waals surface area contributed by atoms with Crippen LogP contribution in [0.5, 0.6) is 0 Å². The lowest BCUT2D eigenvalue weighted by Crippen LogP contribution is -2.46. The van der Waals surface area contributed by atoms with Crippen molar-refractivity contribution in [2.45, 2.75) is 45.4 Å². The number of carbonyl (C=O) groups excluding carboxylic acids is 1. The fourth-order valence-electron chi connectivity index (χ4n) is 4.86. The first kappa shape index (κ1) is 31.6. The maximum Gasteiger partial charge on any atom is 0.228 e. The largest absolute Gasteiger partial charge is 0.388 e. The number of nitrogens with zero attached hydrogens (tertiary/aromatic N) is 5. The number of anilines is 3. The Morgan fingerprint density at radius 3 is 2.24 bits per heavy atom. The summed E-state index contributed by atoms with van der Waals surface area (Å²) in [6.45, 7) is 11.9. The Morgan fingerprint density at radius 1 is 1.05 bits per heavy atom. The highest BCUT2D eigenvalue weighted by Gasteiger charge is 2.24. The summed E-state index contributed by atoms with van der Waals surface area (Å²) in [7, 11) is 7.00. The van der Waals surface area contributed by atoms with Crippen molar-refractivity contribution in [2.75, 3.05) is 71.3 Å². The van der Waals surface area contributed by atoms with Gasteiger partial charge in [-0.3, -0.25) is 0 Å². The third kappa shape index (κ3) is 8.69. The predicted octanol–water partition coefficient (Wildman–Crippen LogP) is 4.85. The van der Waals surface area contributed by atoms with Gasteiger partial charge in [-0.2, -0.15) is 0 Å². The topological polar surface area (TPSA) is 95.5 Å². The number of aromatic nitrogens is 3. The predicted molar refractivity (Wildman–Crippen MR) is 160 cm³/mol. The van der Waals surface area contributed by atoms with Crippen LogP contribution in [0.25, 0.3) is 10.2 Å². The number of piperazine rings is 1. The van der Waals surface area contributed by atoms with Crippen LogP contribution in [0.1, 0.15) is 49.0 Å². The maximum absolute atomic E-state index is 8.00. The van der Waals surface area contributed by atoms with Crippen molar-refractivity contribution in [3.8, 4) is 0 Å². The van der Waals surface area contributed by atoms with Gasteiger partial charge in [-0.1, -0.05) is 19.8 Å². The number of fused-ring (bicyclic) bond motifs is 1. The Labute approximate surface area is 232 Å². The van der Waals surface area contributed by atoms with Crippen LogP contribution in [0.15, 0.2) is 24.5 Å². The number of thiophene rings is 1. The minimum absolute atomic E-state index is 0.636. The van der Waals surface area contributed by atoms with E-state index in [1.165, 1.54) is 46.5 Å². The van der Waals surface area contributed by atoms with Crippen molar-refractivity contribution < 1.29 is 9.53 Å². The highest BCUT2D eigenvalue weighted by atomic mass is 32.1. The van der Waals surface area contributed by atoms with Crippen LogP contribution in [-0.2, 0) is 9.53 Å². The molecular formula is C28H45N7O2S. The molecule has 0 spiro atoms. The molecule has 10 heteroatoms. The first-order valence-electron chi connectivity index (χ1n) is 13.3. The van der Waals surface area contributed by atoms with E-state index in [-0.39, 0.29) is 0 Å². The molecule has 1 aliphatic carbocycles. The zero-order valence-corrected chi connectivity index (χ0v) is 24.7. The highest BCUT2D eigenvalue weighted by Crippen LogP contribution is 2.42. The van der Waals surface area contributed by atoms with Gasteiger partial charge in [0.15, 0.2) is 0 Å². The van der Waals surface area contributed by atoms with Crippen LogP contribution in [0, 0.1) is 6.92 Å². The van der Waals surface area contributed by atoms with E-state index in [1.807, 2.05) is 50.7 Å². The van der Waals surface area contributed by atoms with Crippen molar-refractivity contribution in [2.24, 2.45) is 0 Å². The summed E-state index contributed by atoms with van der Waals surface area (Å²) in [5, 5.41) is 6.06. The normalized spacial score (nSPS) is 15.6. The second-order valence-electron chi connectivity index (χ2n) is 9.32. The maximum atomic E-state index is 8.00. The number of pyridine rings is 1. The third-order valence-corrected chi connectivity index (χ3v) is 7.63. The molecule has 0 amide bonds. The molecule has 9 nitrogen and oxygen atoms in total. The monoisotopic (exact) mass is 543 g/mol. The van der Waals surface area contributed by atoms with Crippen molar-refractivity contribution >= 4 is 45.8 Å². The molecule has 2 N–H and O–H groups in total. The van der Waals surface area contributed by atoms with Crippen LogP contribution in [0.3, 0.4) is 0 Å². The minimum atomic E-state index is 0.636. The molecule has 210 valence electrons. The van der Waals surface area contributed by atoms with E-state index < -0.39 is 0 Å². The molecule has 0 bridgehead atoms. The van der Waals surface area contributed by atoms with E-state index in [0.29, 0.717) is 11.9 Å². The number of rotatable bonds is 5. The number of carbonyl (C=O) groups is 1. The molecule has 3 aromatic rings. The van der Waals surface area contributed by atoms with Gasteiger partial charge in [0.2, 0.25) is 5.95 Å². The molecule has 38 heavy (non-hydrogen) atoms. The number of aryl methyl sites for hydroxylation is 1. The van der Waals surface area contributed by atoms with Crippen LogP contribution in [-0.4, -0.2) is 87.7 Å². The Balaban J connectivity index is 0.000000571. The average Bonchev–Trinajstić information content (AvgIpc) is 3.58. The quantitative estimate of drug-likeness (QED) is 0.468. The van der Waals surface area contributed by atoms with Crippen LogP contribution in [0.2, 0.25) is 0 Å². The average molecular weight is 544 g/mol. The van der Waals surface area contributed by atoms with Crippen LogP contribution >= 0.6 is 11.3 Å². The smallest absolute Gasteiger partial charge is 0.228 e. The number of nitrogens with one attached hydrogen (secondary N) is 2. The van der Waals surface area contributed by atoms with Crippen molar-refractivity contribution in [3.05, 3.63) is 35.0 Å². The Kier molecular flexibility index (Phi) is 14.1. The van der Waals surface area contributed by atoms with Gasteiger partial charge < -0.3 is 30.0 Å². The molecule has 0 aromatic carbocycles. The molecule has 1 aliphatic heterocycles. The Bertz CT molecular complexity index is 1060. The van der Waals surface area contributed by atoms with Crippen molar-refractivity contribution in [1.82, 2.24) is 25.2 Å². The van der Waals surface area contributed by atoms with Gasteiger partial charge >= 0.3 is 0 Å². The standard InChI is InChI=1S/C23H30N6S.C2H7N.C2H6O.CH2O/c1-3-28-10-12-29(13-11-28)18-8-9-20(24-14-18)26-23-25-15-19-22(27-23)21(16(2)30-19)17-6-4-5-7-17;2*1-3-2;1-2/h8-9,14-15,17H,3-7,10-13H2,1-2H3,(H,24,25,26,27);3H,1-2H3;1-2H3;1H2. The molecule has 0 atom stereocenters. The lowest BCUT2D eigenvalue weighted by Gasteiger charge is -2.35. The van der Waals surface area contributed by atoms with Gasteiger partial charge in [-0.25, -0.2) is 15.0 Å². The van der Waals surface area contributed by atoms with Gasteiger partial charge in [-0.05, 0) is 64.0 Å². The van der Waals surface area contributed by atoms with Crippen molar-refractivity contribution in [3.63, 3.8) is 0 Å². The van der Waals surface area contributed by atoms with Crippen molar-refractivity contribution in [1.29, 1.82) is 0 Å². The molecule has 0 radical (unpaired) electrons. The second kappa shape index (κ2) is 17.0. The summed E-state index contributed by atoms with van der Waals surface area (Å²) >= 11 is 1.82. The number of likely N-dealkylation sites (N-methyl/N-ethyl adjacent to an activating group) is 1. The molecule has 0 unspecified atom stereocenters. The summed E-state index contributed by atoms with van der Waals surface area (Å²) in [4.78, 5) is 28.4. The number of methoxy groups -OCH3 is 1. The van der Waals surface area contributed by atoms with Crippen LogP contribution in [0.4, 0.5) is 17.5 Å². The summed E-state index contributed by atoms with van der Waals surface area (Å²) in [5.74, 6) is 2.09. The first-order chi connectivity index (χ1) is 18.5. The van der Waals surface area contributed by atoms with E-state index in [1.54, 1.807) is 14.2 Å². The van der Waals surface area contributed by atoms with E-state index in [2.05, 4.69) is 55.1 Å². The van der Waals surface area contributed by atoms with Gasteiger partial charge in [-0.15, -0.1) is 11.3 Å².